The fourth-order valence-corrected chi connectivity index (χ4v) is 2.63. The van der Waals surface area contributed by atoms with Crippen molar-refractivity contribution in [1.82, 2.24) is 9.36 Å². The van der Waals surface area contributed by atoms with Gasteiger partial charge in [0, 0.05) is 18.3 Å². The number of hydrogen-bond acceptors (Lipinski definition) is 7. The van der Waals surface area contributed by atoms with Gasteiger partial charge in [0.05, 0.1) is 17.8 Å². The summed E-state index contributed by atoms with van der Waals surface area (Å²) in [5.41, 5.74) is 8.65. The molecule has 0 amide bonds. The van der Waals surface area contributed by atoms with Gasteiger partial charge in [-0.1, -0.05) is 0 Å². The third-order valence-electron chi connectivity index (χ3n) is 2.11. The Kier molecular flexibility index (Phi) is 4.16. The molecule has 2 aromatic heterocycles. The Labute approximate surface area is 108 Å². The highest BCUT2D eigenvalue weighted by Gasteiger charge is 2.11. The maximum Gasteiger partial charge on any atom is 0.197 e. The summed E-state index contributed by atoms with van der Waals surface area (Å²) in [6, 6.07) is 0. The molecule has 0 aromatic carbocycles. The van der Waals surface area contributed by atoms with Crippen molar-refractivity contribution in [2.75, 3.05) is 24.2 Å². The molecule has 0 aliphatic heterocycles. The van der Waals surface area contributed by atoms with E-state index in [-0.39, 0.29) is 0 Å². The van der Waals surface area contributed by atoms with E-state index in [9.17, 15) is 0 Å². The number of hydrogen-bond donors (Lipinski definition) is 2. The van der Waals surface area contributed by atoms with E-state index in [4.69, 9.17) is 10.5 Å². The van der Waals surface area contributed by atoms with Gasteiger partial charge in [0.15, 0.2) is 16.6 Å². The van der Waals surface area contributed by atoms with Crippen LogP contribution in [0.2, 0.25) is 0 Å². The van der Waals surface area contributed by atoms with Crippen LogP contribution in [0.3, 0.4) is 0 Å². The molecule has 0 atom stereocenters. The summed E-state index contributed by atoms with van der Waals surface area (Å²) in [5, 5.41) is 6.21. The van der Waals surface area contributed by atoms with Gasteiger partial charge >= 0.3 is 0 Å². The third-order valence-corrected chi connectivity index (χ3v) is 3.55. The molecule has 0 aliphatic carbocycles. The number of nitrogen functional groups attached to an aromatic ring is 1. The molecule has 0 saturated carbocycles. The SMILES string of the molecule is CCOc1c(N)nsc1NCCc1cscn1. The molecule has 0 saturated heterocycles. The van der Waals surface area contributed by atoms with Crippen LogP contribution in [0.5, 0.6) is 5.75 Å². The highest BCUT2D eigenvalue weighted by molar-refractivity contribution is 7.11. The zero-order chi connectivity index (χ0) is 12.1. The summed E-state index contributed by atoms with van der Waals surface area (Å²) in [6.45, 7) is 3.31. The van der Waals surface area contributed by atoms with Crippen LogP contribution in [0.4, 0.5) is 10.8 Å². The lowest BCUT2D eigenvalue weighted by Crippen LogP contribution is -2.05. The van der Waals surface area contributed by atoms with Crippen molar-refractivity contribution in [3.05, 3.63) is 16.6 Å². The highest BCUT2D eigenvalue weighted by Crippen LogP contribution is 2.34. The quantitative estimate of drug-likeness (QED) is 0.842. The lowest BCUT2D eigenvalue weighted by Gasteiger charge is -2.06. The third kappa shape index (κ3) is 3.07. The molecule has 0 radical (unpaired) electrons. The normalized spacial score (nSPS) is 10.4. The van der Waals surface area contributed by atoms with E-state index in [0.29, 0.717) is 18.2 Å². The molecule has 2 rings (SSSR count). The fourth-order valence-electron chi connectivity index (χ4n) is 1.36. The number of anilines is 2. The van der Waals surface area contributed by atoms with Gasteiger partial charge in [-0.15, -0.1) is 11.3 Å². The predicted octanol–water partition coefficient (Wildman–Crippen LogP) is 2.24. The number of ether oxygens (including phenoxy) is 1. The molecule has 0 aliphatic rings. The van der Waals surface area contributed by atoms with Crippen LogP contribution in [0.25, 0.3) is 0 Å². The van der Waals surface area contributed by atoms with Crippen LogP contribution in [0.15, 0.2) is 10.9 Å². The molecule has 0 spiro atoms. The Bertz CT molecular complexity index is 455. The van der Waals surface area contributed by atoms with Gasteiger partial charge in [-0.05, 0) is 18.5 Å². The molecule has 5 nitrogen and oxygen atoms in total. The number of rotatable bonds is 6. The minimum Gasteiger partial charge on any atom is -0.487 e. The largest absolute Gasteiger partial charge is 0.487 e. The average molecular weight is 270 g/mol. The van der Waals surface area contributed by atoms with E-state index in [0.717, 1.165) is 23.7 Å². The summed E-state index contributed by atoms with van der Waals surface area (Å²) < 4.78 is 9.51. The van der Waals surface area contributed by atoms with Crippen LogP contribution in [-0.4, -0.2) is 22.5 Å². The Morgan fingerprint density at radius 3 is 3.12 bits per heavy atom. The maximum absolute atomic E-state index is 5.72. The summed E-state index contributed by atoms with van der Waals surface area (Å²) in [5.74, 6) is 1.11. The first-order chi connectivity index (χ1) is 8.31. The molecule has 0 fully saturated rings. The molecule has 3 N–H and O–H groups in total. The lowest BCUT2D eigenvalue weighted by atomic mass is 10.3. The zero-order valence-corrected chi connectivity index (χ0v) is 11.1. The van der Waals surface area contributed by atoms with Crippen molar-refractivity contribution in [2.45, 2.75) is 13.3 Å². The van der Waals surface area contributed by atoms with Crippen LogP contribution < -0.4 is 15.8 Å². The van der Waals surface area contributed by atoms with Gasteiger partial charge in [-0.3, -0.25) is 0 Å². The number of thiazole rings is 1. The number of nitrogens with zero attached hydrogens (tertiary/aromatic N) is 2. The van der Waals surface area contributed by atoms with Crippen molar-refractivity contribution in [2.24, 2.45) is 0 Å². The van der Waals surface area contributed by atoms with Crippen molar-refractivity contribution < 1.29 is 4.74 Å². The summed E-state index contributed by atoms with van der Waals surface area (Å²) in [6.07, 6.45) is 0.882. The molecule has 7 heteroatoms. The second kappa shape index (κ2) is 5.83. The lowest BCUT2D eigenvalue weighted by molar-refractivity contribution is 0.344. The summed E-state index contributed by atoms with van der Waals surface area (Å²) in [4.78, 5) is 4.22. The van der Waals surface area contributed by atoms with E-state index in [1.54, 1.807) is 11.3 Å². The zero-order valence-electron chi connectivity index (χ0n) is 9.47. The molecular weight excluding hydrogens is 256 g/mol. The molecule has 2 aromatic rings. The minimum atomic E-state index is 0.452. The fraction of sp³-hybridized carbons (Fsp3) is 0.400. The van der Waals surface area contributed by atoms with Gasteiger partial charge in [-0.2, -0.15) is 4.37 Å². The van der Waals surface area contributed by atoms with E-state index in [1.807, 2.05) is 17.8 Å². The van der Waals surface area contributed by atoms with Crippen LogP contribution >= 0.6 is 22.9 Å². The van der Waals surface area contributed by atoms with E-state index in [1.165, 1.54) is 11.5 Å². The molecule has 92 valence electrons. The average Bonchev–Trinajstić information content (AvgIpc) is 2.93. The van der Waals surface area contributed by atoms with E-state index in [2.05, 4.69) is 14.7 Å². The van der Waals surface area contributed by atoms with E-state index >= 15 is 0 Å². The first kappa shape index (κ1) is 12.1. The second-order valence-electron chi connectivity index (χ2n) is 3.32. The van der Waals surface area contributed by atoms with Crippen LogP contribution in [0, 0.1) is 0 Å². The maximum atomic E-state index is 5.72. The molecule has 17 heavy (non-hydrogen) atoms. The van der Waals surface area contributed by atoms with Crippen LogP contribution in [-0.2, 0) is 6.42 Å². The van der Waals surface area contributed by atoms with Gasteiger partial charge in [0.25, 0.3) is 0 Å². The molecule has 0 bridgehead atoms. The monoisotopic (exact) mass is 270 g/mol. The van der Waals surface area contributed by atoms with Gasteiger partial charge < -0.3 is 15.8 Å². The Hall–Kier alpha value is -1.34. The minimum absolute atomic E-state index is 0.452. The van der Waals surface area contributed by atoms with Crippen molar-refractivity contribution in [3.8, 4) is 5.75 Å². The summed E-state index contributed by atoms with van der Waals surface area (Å²) in [7, 11) is 0. The van der Waals surface area contributed by atoms with E-state index < -0.39 is 0 Å². The number of aromatic nitrogens is 2. The van der Waals surface area contributed by atoms with Crippen molar-refractivity contribution in [3.63, 3.8) is 0 Å². The molecular formula is C10H14N4OS2. The van der Waals surface area contributed by atoms with Gasteiger partial charge in [0.2, 0.25) is 0 Å². The standard InChI is InChI=1S/C10H14N4OS2/c1-2-15-8-9(11)14-17-10(8)12-4-3-7-5-16-6-13-7/h5-6,12H,2-4H2,1H3,(H2,11,14). The highest BCUT2D eigenvalue weighted by atomic mass is 32.1. The number of nitrogens with two attached hydrogens (primary N) is 1. The summed E-state index contributed by atoms with van der Waals surface area (Å²) >= 11 is 2.93. The topological polar surface area (TPSA) is 73.1 Å². The molecule has 0 unspecified atom stereocenters. The smallest absolute Gasteiger partial charge is 0.197 e. The molecule has 2 heterocycles. The Balaban J connectivity index is 1.90. The van der Waals surface area contributed by atoms with Crippen LogP contribution in [0.1, 0.15) is 12.6 Å². The predicted molar refractivity (Wildman–Crippen MR) is 72.0 cm³/mol. The second-order valence-corrected chi connectivity index (χ2v) is 4.81. The van der Waals surface area contributed by atoms with Gasteiger partial charge in [-0.25, -0.2) is 4.98 Å². The first-order valence-electron chi connectivity index (χ1n) is 5.30. The van der Waals surface area contributed by atoms with Crippen molar-refractivity contribution in [1.29, 1.82) is 0 Å². The van der Waals surface area contributed by atoms with Gasteiger partial charge in [0.1, 0.15) is 0 Å². The first-order valence-corrected chi connectivity index (χ1v) is 7.01. The Morgan fingerprint density at radius 2 is 2.41 bits per heavy atom. The Morgan fingerprint density at radius 1 is 1.53 bits per heavy atom. The number of nitrogens with one attached hydrogen (secondary N) is 1. The van der Waals surface area contributed by atoms with Crippen molar-refractivity contribution >= 4 is 33.7 Å².